The van der Waals surface area contributed by atoms with E-state index in [1.165, 1.54) is 32.2 Å². The topological polar surface area (TPSA) is 120 Å². The van der Waals surface area contributed by atoms with E-state index in [1.807, 2.05) is 30.3 Å². The van der Waals surface area contributed by atoms with Gasteiger partial charge in [-0.15, -0.1) is 0 Å². The van der Waals surface area contributed by atoms with E-state index >= 15 is 0 Å². The Morgan fingerprint density at radius 2 is 1.67 bits per heavy atom. The number of ketones is 1. The van der Waals surface area contributed by atoms with E-state index in [0.717, 1.165) is 5.56 Å². The number of nitrogens with one attached hydrogen (secondary N) is 2. The lowest BCUT2D eigenvalue weighted by Crippen LogP contribution is -2.41. The summed E-state index contributed by atoms with van der Waals surface area (Å²) in [6, 6.07) is 13.0. The fourth-order valence-corrected chi connectivity index (χ4v) is 2.32. The first kappa shape index (κ1) is 22.4. The van der Waals surface area contributed by atoms with Crippen molar-refractivity contribution in [2.45, 2.75) is 13.5 Å². The molecule has 9 nitrogen and oxygen atoms in total. The molecular weight excluding hydrogens is 392 g/mol. The lowest BCUT2D eigenvalue weighted by Gasteiger charge is -2.11. The van der Waals surface area contributed by atoms with E-state index in [-0.39, 0.29) is 23.8 Å². The molecule has 2 N–H and O–H groups in total. The van der Waals surface area contributed by atoms with E-state index < -0.39 is 31.1 Å². The zero-order valence-corrected chi connectivity index (χ0v) is 16.6. The number of imide groups is 1. The third kappa shape index (κ3) is 7.27. The van der Waals surface area contributed by atoms with Crippen LogP contribution in [-0.2, 0) is 20.9 Å². The monoisotopic (exact) mass is 414 g/mol. The number of amides is 3. The Labute approximate surface area is 173 Å². The maximum Gasteiger partial charge on any atom is 0.344 e. The van der Waals surface area contributed by atoms with Crippen molar-refractivity contribution in [3.05, 3.63) is 59.7 Å². The molecule has 2 rings (SSSR count). The lowest BCUT2D eigenvalue weighted by molar-refractivity contribution is -0.150. The number of rotatable bonds is 9. The third-order valence-corrected chi connectivity index (χ3v) is 3.83. The zero-order valence-electron chi connectivity index (χ0n) is 16.6. The van der Waals surface area contributed by atoms with Crippen LogP contribution in [0, 0.1) is 0 Å². The number of carbonyl (C=O) groups excluding carboxylic acids is 4. The summed E-state index contributed by atoms with van der Waals surface area (Å²) >= 11 is 0. The predicted octanol–water partition coefficient (Wildman–Crippen LogP) is 1.85. The van der Waals surface area contributed by atoms with Crippen molar-refractivity contribution < 1.29 is 33.4 Å². The first-order valence-corrected chi connectivity index (χ1v) is 8.98. The van der Waals surface area contributed by atoms with E-state index in [4.69, 9.17) is 14.2 Å². The molecule has 3 amide bonds. The number of ether oxygens (including phenoxy) is 3. The van der Waals surface area contributed by atoms with Crippen LogP contribution < -0.4 is 20.1 Å². The van der Waals surface area contributed by atoms with Crippen LogP contribution in [0.4, 0.5) is 4.79 Å². The second-order valence-corrected chi connectivity index (χ2v) is 6.09. The summed E-state index contributed by atoms with van der Waals surface area (Å²) in [6.45, 7) is 0.544. The molecule has 0 atom stereocenters. The Hall–Kier alpha value is -3.88. The van der Waals surface area contributed by atoms with E-state index in [1.54, 1.807) is 0 Å². The summed E-state index contributed by atoms with van der Waals surface area (Å²) in [5.41, 5.74) is 1.31. The summed E-state index contributed by atoms with van der Waals surface area (Å²) in [5.74, 6) is -1.21. The van der Waals surface area contributed by atoms with Crippen LogP contribution >= 0.6 is 0 Å². The first-order valence-electron chi connectivity index (χ1n) is 8.98. The van der Waals surface area contributed by atoms with Crippen LogP contribution in [0.3, 0.4) is 0 Å². The van der Waals surface area contributed by atoms with Crippen molar-refractivity contribution in [1.29, 1.82) is 0 Å². The third-order valence-electron chi connectivity index (χ3n) is 3.83. The van der Waals surface area contributed by atoms with Crippen molar-refractivity contribution in [3.8, 4) is 11.5 Å². The molecule has 9 heteroatoms. The summed E-state index contributed by atoms with van der Waals surface area (Å²) in [4.78, 5) is 46.5. The van der Waals surface area contributed by atoms with E-state index in [2.05, 4.69) is 10.6 Å². The Bertz CT molecular complexity index is 913. The molecule has 0 aliphatic rings. The minimum absolute atomic E-state index is 0.141. The van der Waals surface area contributed by atoms with Gasteiger partial charge >= 0.3 is 12.0 Å². The molecule has 0 aliphatic carbocycles. The zero-order chi connectivity index (χ0) is 21.9. The molecular formula is C21H22N2O7. The Balaban J connectivity index is 1.72. The predicted molar refractivity (Wildman–Crippen MR) is 106 cm³/mol. The van der Waals surface area contributed by atoms with Crippen molar-refractivity contribution in [3.63, 3.8) is 0 Å². The Morgan fingerprint density at radius 3 is 2.33 bits per heavy atom. The number of hydrogen-bond donors (Lipinski definition) is 2. The fraction of sp³-hybridized carbons (Fsp3) is 0.238. The molecule has 0 unspecified atom stereocenters. The Kier molecular flexibility index (Phi) is 8.37. The number of urea groups is 1. The van der Waals surface area contributed by atoms with Crippen LogP contribution in [-0.4, -0.2) is 44.0 Å². The average molecular weight is 414 g/mol. The lowest BCUT2D eigenvalue weighted by atomic mass is 10.1. The molecule has 2 aromatic carbocycles. The van der Waals surface area contributed by atoms with Crippen molar-refractivity contribution in [2.24, 2.45) is 0 Å². The maximum absolute atomic E-state index is 11.8. The maximum atomic E-state index is 11.8. The molecule has 2 aromatic rings. The van der Waals surface area contributed by atoms with Gasteiger partial charge in [0.05, 0.1) is 7.11 Å². The minimum atomic E-state index is -0.812. The minimum Gasteiger partial charge on any atom is -0.493 e. The quantitative estimate of drug-likeness (QED) is 0.475. The van der Waals surface area contributed by atoms with Gasteiger partial charge in [0.15, 0.2) is 30.5 Å². The summed E-state index contributed by atoms with van der Waals surface area (Å²) < 4.78 is 15.2. The SMILES string of the molecule is COc1cc(C(C)=O)ccc1OCC(=O)OCC(=O)NC(=O)NCc1ccccc1. The summed E-state index contributed by atoms with van der Waals surface area (Å²) in [6.07, 6.45) is 0. The van der Waals surface area contributed by atoms with E-state index in [0.29, 0.717) is 5.56 Å². The van der Waals surface area contributed by atoms with Gasteiger partial charge in [0, 0.05) is 12.1 Å². The van der Waals surface area contributed by atoms with Crippen molar-refractivity contribution in [2.75, 3.05) is 20.3 Å². The second-order valence-electron chi connectivity index (χ2n) is 6.09. The number of hydrogen-bond acceptors (Lipinski definition) is 7. The Morgan fingerprint density at radius 1 is 0.933 bits per heavy atom. The molecule has 0 saturated carbocycles. The molecule has 0 fully saturated rings. The highest BCUT2D eigenvalue weighted by Crippen LogP contribution is 2.28. The van der Waals surface area contributed by atoms with Gasteiger partial charge in [-0.2, -0.15) is 0 Å². The average Bonchev–Trinajstić information content (AvgIpc) is 2.75. The van der Waals surface area contributed by atoms with Gasteiger partial charge in [0.25, 0.3) is 5.91 Å². The molecule has 0 bridgehead atoms. The molecule has 158 valence electrons. The number of methoxy groups -OCH3 is 1. The molecule has 0 spiro atoms. The van der Waals surface area contributed by atoms with Crippen molar-refractivity contribution >= 4 is 23.7 Å². The number of Topliss-reactive ketones (excluding diaryl/α,β-unsaturated/α-hetero) is 1. The first-order chi connectivity index (χ1) is 14.4. The van der Waals surface area contributed by atoms with Crippen LogP contribution in [0.25, 0.3) is 0 Å². The van der Waals surface area contributed by atoms with E-state index in [9.17, 15) is 19.2 Å². The van der Waals surface area contributed by atoms with Gasteiger partial charge in [-0.05, 0) is 30.7 Å². The highest BCUT2D eigenvalue weighted by Gasteiger charge is 2.13. The van der Waals surface area contributed by atoms with Crippen LogP contribution in [0.15, 0.2) is 48.5 Å². The molecule has 0 aliphatic heterocycles. The molecule has 0 aromatic heterocycles. The second kappa shape index (κ2) is 11.2. The standard InChI is InChI=1S/C21H22N2O7/c1-14(24)16-8-9-17(18(10-16)28-2)29-13-20(26)30-12-19(25)23-21(27)22-11-15-6-4-3-5-7-15/h3-10H,11-13H2,1-2H3,(H2,22,23,25,27). The largest absolute Gasteiger partial charge is 0.493 e. The summed E-state index contributed by atoms with van der Waals surface area (Å²) in [5, 5.41) is 4.57. The van der Waals surface area contributed by atoms with Crippen molar-refractivity contribution in [1.82, 2.24) is 10.6 Å². The number of esters is 1. The van der Waals surface area contributed by atoms with Gasteiger partial charge in [-0.1, -0.05) is 30.3 Å². The summed E-state index contributed by atoms with van der Waals surface area (Å²) in [7, 11) is 1.40. The van der Waals surface area contributed by atoms with Gasteiger partial charge < -0.3 is 19.5 Å². The molecule has 0 radical (unpaired) electrons. The highest BCUT2D eigenvalue weighted by atomic mass is 16.6. The normalized spacial score (nSPS) is 9.93. The smallest absolute Gasteiger partial charge is 0.344 e. The molecule has 0 heterocycles. The van der Waals surface area contributed by atoms with Gasteiger partial charge in [-0.3, -0.25) is 14.9 Å². The molecule has 30 heavy (non-hydrogen) atoms. The van der Waals surface area contributed by atoms with Crippen LogP contribution in [0.1, 0.15) is 22.8 Å². The molecule has 0 saturated heterocycles. The van der Waals surface area contributed by atoms with Gasteiger partial charge in [0.2, 0.25) is 0 Å². The number of carbonyl (C=O) groups is 4. The van der Waals surface area contributed by atoms with Crippen LogP contribution in [0.5, 0.6) is 11.5 Å². The van der Waals surface area contributed by atoms with Gasteiger partial charge in [0.1, 0.15) is 0 Å². The number of benzene rings is 2. The highest BCUT2D eigenvalue weighted by molar-refractivity contribution is 5.95. The van der Waals surface area contributed by atoms with Crippen LogP contribution in [0.2, 0.25) is 0 Å². The van der Waals surface area contributed by atoms with Gasteiger partial charge in [-0.25, -0.2) is 9.59 Å². The fourth-order valence-electron chi connectivity index (χ4n) is 2.32.